The maximum Gasteiger partial charge on any atom is 0.417 e. The minimum Gasteiger partial charge on any atom is -0.410 e. The monoisotopic (exact) mass is 424 g/mol. The van der Waals surface area contributed by atoms with Crippen LogP contribution < -0.4 is 20.7 Å². The lowest BCUT2D eigenvalue weighted by Gasteiger charge is -2.28. The molecule has 2 aromatic heterocycles. The molecule has 4 rings (SSSR count). The first kappa shape index (κ1) is 20.8. The lowest BCUT2D eigenvalue weighted by Crippen LogP contribution is -2.34. The summed E-state index contributed by atoms with van der Waals surface area (Å²) < 4.78 is 6.72. The molecule has 0 spiro atoms. The third-order valence-electron chi connectivity index (χ3n) is 5.68. The Bertz CT molecular complexity index is 951. The number of hydrogen-bond donors (Lipinski definition) is 3. The van der Waals surface area contributed by atoms with Crippen molar-refractivity contribution in [3.8, 4) is 5.75 Å². The van der Waals surface area contributed by atoms with Gasteiger partial charge in [0.1, 0.15) is 5.75 Å². The Hall–Kier alpha value is -2.48. The fraction of sp³-hybridized carbons (Fsp3) is 0.391. The van der Waals surface area contributed by atoms with Gasteiger partial charge < -0.3 is 15.4 Å². The summed E-state index contributed by atoms with van der Waals surface area (Å²) in [6.07, 6.45) is 5.38. The van der Waals surface area contributed by atoms with E-state index in [-0.39, 0.29) is 0 Å². The Morgan fingerprint density at radius 3 is 2.97 bits per heavy atom. The zero-order valence-corrected chi connectivity index (χ0v) is 18.0. The van der Waals surface area contributed by atoms with Crippen LogP contribution in [0.4, 0.5) is 9.80 Å². The average molecular weight is 425 g/mol. The van der Waals surface area contributed by atoms with E-state index in [1.807, 2.05) is 30.3 Å². The number of thiophene rings is 1. The van der Waals surface area contributed by atoms with E-state index in [0.717, 1.165) is 46.2 Å². The molecule has 0 radical (unpaired) electrons. The van der Waals surface area contributed by atoms with Crippen LogP contribution in [-0.2, 0) is 6.54 Å². The smallest absolute Gasteiger partial charge is 0.410 e. The van der Waals surface area contributed by atoms with E-state index in [2.05, 4.69) is 27.9 Å². The summed E-state index contributed by atoms with van der Waals surface area (Å²) >= 11 is 1.53. The van der Waals surface area contributed by atoms with Gasteiger partial charge >= 0.3 is 6.09 Å². The van der Waals surface area contributed by atoms with Gasteiger partial charge in [-0.25, -0.2) is 4.79 Å². The zero-order chi connectivity index (χ0) is 20.8. The molecule has 1 saturated heterocycles. The molecule has 1 fully saturated rings. The van der Waals surface area contributed by atoms with Crippen LogP contribution in [0.25, 0.3) is 10.1 Å². The van der Waals surface area contributed by atoms with Crippen molar-refractivity contribution in [1.29, 1.82) is 0 Å². The first-order valence-corrected chi connectivity index (χ1v) is 11.3. The molecule has 3 heterocycles. The van der Waals surface area contributed by atoms with Gasteiger partial charge in [-0.15, -0.1) is 11.3 Å². The van der Waals surface area contributed by atoms with E-state index in [0.29, 0.717) is 18.2 Å². The molecule has 1 aromatic carbocycles. The van der Waals surface area contributed by atoms with Crippen LogP contribution in [0.1, 0.15) is 25.3 Å². The lowest BCUT2D eigenvalue weighted by molar-refractivity contribution is 0.214. The van der Waals surface area contributed by atoms with Crippen LogP contribution in [0.15, 0.2) is 48.8 Å². The van der Waals surface area contributed by atoms with Gasteiger partial charge in [0.05, 0.1) is 5.00 Å². The number of fused-ring (bicyclic) bond motifs is 1. The summed E-state index contributed by atoms with van der Waals surface area (Å²) in [5.74, 6) is 1.91. The van der Waals surface area contributed by atoms with Crippen LogP contribution in [0.3, 0.4) is 0 Å². The number of hydrogen-bond acceptors (Lipinski definition) is 6. The minimum atomic E-state index is -0.489. The maximum absolute atomic E-state index is 12.4. The molecule has 1 aliphatic heterocycles. The predicted molar refractivity (Wildman–Crippen MR) is 122 cm³/mol. The highest BCUT2D eigenvalue weighted by Gasteiger charge is 2.19. The summed E-state index contributed by atoms with van der Waals surface area (Å²) in [6.45, 7) is 6.10. The minimum absolute atomic E-state index is 0.489. The van der Waals surface area contributed by atoms with E-state index in [4.69, 9.17) is 4.74 Å². The van der Waals surface area contributed by atoms with Crippen LogP contribution in [0, 0.1) is 11.8 Å². The number of carbonyl (C=O) groups excluding carboxylic acids is 1. The molecule has 158 valence electrons. The van der Waals surface area contributed by atoms with Gasteiger partial charge in [0, 0.05) is 29.2 Å². The molecule has 30 heavy (non-hydrogen) atoms. The van der Waals surface area contributed by atoms with Gasteiger partial charge in [0.25, 0.3) is 0 Å². The molecule has 7 heteroatoms. The first-order chi connectivity index (χ1) is 14.7. The Morgan fingerprint density at radius 1 is 1.30 bits per heavy atom. The molecule has 0 aliphatic carbocycles. The highest BCUT2D eigenvalue weighted by atomic mass is 32.1. The van der Waals surface area contributed by atoms with Crippen LogP contribution in [0.5, 0.6) is 5.75 Å². The van der Waals surface area contributed by atoms with Gasteiger partial charge in [0.15, 0.2) is 0 Å². The molecule has 1 unspecified atom stereocenters. The van der Waals surface area contributed by atoms with Crippen molar-refractivity contribution in [2.45, 2.75) is 26.3 Å². The Labute approximate surface area is 181 Å². The van der Waals surface area contributed by atoms with Gasteiger partial charge in [0.2, 0.25) is 0 Å². The fourth-order valence-electron chi connectivity index (χ4n) is 3.93. The van der Waals surface area contributed by atoms with Crippen molar-refractivity contribution >= 4 is 32.5 Å². The predicted octanol–water partition coefficient (Wildman–Crippen LogP) is 4.63. The van der Waals surface area contributed by atoms with E-state index in [1.165, 1.54) is 24.2 Å². The Morgan fingerprint density at radius 2 is 2.13 bits per heavy atom. The quantitative estimate of drug-likeness (QED) is 0.515. The maximum atomic E-state index is 12.4. The molecule has 3 N–H and O–H groups in total. The van der Waals surface area contributed by atoms with Crippen molar-refractivity contribution in [1.82, 2.24) is 15.6 Å². The van der Waals surface area contributed by atoms with E-state index in [9.17, 15) is 4.79 Å². The molecule has 1 atom stereocenters. The Kier molecular flexibility index (Phi) is 6.94. The van der Waals surface area contributed by atoms with Gasteiger partial charge in [-0.3, -0.25) is 10.3 Å². The summed E-state index contributed by atoms with van der Waals surface area (Å²) in [7, 11) is 0. The van der Waals surface area contributed by atoms with Gasteiger partial charge in [-0.1, -0.05) is 25.1 Å². The van der Waals surface area contributed by atoms with Gasteiger partial charge in [-0.05, 0) is 67.9 Å². The third kappa shape index (κ3) is 5.36. The fourth-order valence-corrected chi connectivity index (χ4v) is 4.88. The largest absolute Gasteiger partial charge is 0.417 e. The summed E-state index contributed by atoms with van der Waals surface area (Å²) in [5.41, 5.74) is 0.876. The van der Waals surface area contributed by atoms with Gasteiger partial charge in [-0.2, -0.15) is 0 Å². The standard InChI is InChI=1S/C23H28N4O2S/c1-16(17-6-9-24-10-7-17)13-26-15-19-14-25-11-8-20(19)29-23(28)27-22-12-18-4-2-3-5-21(18)30-22/h2-5,8,11-12,14,16-17,24,26H,6-7,9-10,13,15H2,1H3,(H,27,28). The molecule has 6 nitrogen and oxygen atoms in total. The second kappa shape index (κ2) is 10.0. The van der Waals surface area contributed by atoms with Crippen molar-refractivity contribution in [3.05, 3.63) is 54.4 Å². The SMILES string of the molecule is CC(CNCc1cnccc1OC(=O)Nc1cc2ccccc2s1)C1CCNCC1. The molecule has 0 bridgehead atoms. The average Bonchev–Trinajstić information content (AvgIpc) is 3.17. The number of piperidine rings is 1. The second-order valence-corrected chi connectivity index (χ2v) is 8.93. The number of ether oxygens (including phenoxy) is 1. The molecule has 1 amide bonds. The number of carbonyl (C=O) groups is 1. The van der Waals surface area contributed by atoms with E-state index < -0.39 is 6.09 Å². The first-order valence-electron chi connectivity index (χ1n) is 10.5. The van der Waals surface area contributed by atoms with Crippen molar-refractivity contribution in [2.24, 2.45) is 11.8 Å². The highest BCUT2D eigenvalue weighted by molar-refractivity contribution is 7.22. The van der Waals surface area contributed by atoms with Crippen LogP contribution in [-0.4, -0.2) is 30.7 Å². The lowest BCUT2D eigenvalue weighted by atomic mass is 9.86. The molecule has 3 aromatic rings. The van der Waals surface area contributed by atoms with Crippen LogP contribution >= 0.6 is 11.3 Å². The molecule has 0 saturated carbocycles. The number of aromatic nitrogens is 1. The topological polar surface area (TPSA) is 75.3 Å². The summed E-state index contributed by atoms with van der Waals surface area (Å²) in [4.78, 5) is 16.6. The van der Waals surface area contributed by atoms with E-state index in [1.54, 1.807) is 18.5 Å². The van der Waals surface area contributed by atoms with Crippen molar-refractivity contribution < 1.29 is 9.53 Å². The summed E-state index contributed by atoms with van der Waals surface area (Å²) in [6, 6.07) is 11.7. The Balaban J connectivity index is 1.31. The number of nitrogens with one attached hydrogen (secondary N) is 3. The molecular weight excluding hydrogens is 396 g/mol. The molecule has 1 aliphatic rings. The number of rotatable bonds is 7. The normalized spacial score (nSPS) is 15.8. The van der Waals surface area contributed by atoms with Crippen molar-refractivity contribution in [3.63, 3.8) is 0 Å². The third-order valence-corrected chi connectivity index (χ3v) is 6.71. The van der Waals surface area contributed by atoms with Crippen molar-refractivity contribution in [2.75, 3.05) is 25.0 Å². The summed E-state index contributed by atoms with van der Waals surface area (Å²) in [5, 5.41) is 11.6. The number of benzene rings is 1. The number of nitrogens with zero attached hydrogens (tertiary/aromatic N) is 1. The zero-order valence-electron chi connectivity index (χ0n) is 17.2. The van der Waals surface area contributed by atoms with E-state index >= 15 is 0 Å². The number of amides is 1. The number of pyridine rings is 1. The van der Waals surface area contributed by atoms with Crippen LogP contribution in [0.2, 0.25) is 0 Å². The second-order valence-electron chi connectivity index (χ2n) is 7.84. The number of anilines is 1. The molecular formula is C23H28N4O2S. The highest BCUT2D eigenvalue weighted by Crippen LogP contribution is 2.29.